The highest BCUT2D eigenvalue weighted by atomic mass is 16.5. The van der Waals surface area contributed by atoms with Crippen LogP contribution in [-0.2, 0) is 16.0 Å². The van der Waals surface area contributed by atoms with Gasteiger partial charge in [-0.1, -0.05) is 0 Å². The first-order valence-electron chi connectivity index (χ1n) is 9.58. The van der Waals surface area contributed by atoms with Crippen LogP contribution in [0.1, 0.15) is 33.5 Å². The molecule has 2 unspecified atom stereocenters. The molecule has 4 atom stereocenters. The smallest absolute Gasteiger partial charge is 0.334 e. The van der Waals surface area contributed by atoms with Crippen molar-refractivity contribution in [1.29, 1.82) is 0 Å². The Bertz CT molecular complexity index is 958. The van der Waals surface area contributed by atoms with Crippen molar-refractivity contribution in [2.24, 2.45) is 11.8 Å². The van der Waals surface area contributed by atoms with E-state index in [9.17, 15) is 9.90 Å². The van der Waals surface area contributed by atoms with Crippen LogP contribution in [0.2, 0.25) is 0 Å². The van der Waals surface area contributed by atoms with E-state index in [0.717, 1.165) is 37.2 Å². The molecule has 1 aromatic carbocycles. The molecular weight excluding hydrogens is 344 g/mol. The molecule has 6 heteroatoms. The second-order valence-corrected chi connectivity index (χ2v) is 7.92. The average molecular weight is 372 g/mol. The summed E-state index contributed by atoms with van der Waals surface area (Å²) in [4.78, 5) is 17.9. The molecular formula is C21H28N2O4. The van der Waals surface area contributed by atoms with Crippen LogP contribution in [0.3, 0.4) is 0 Å². The van der Waals surface area contributed by atoms with Gasteiger partial charge in [-0.05, 0) is 43.5 Å². The summed E-state index contributed by atoms with van der Waals surface area (Å²) in [5.74, 6) is 0.260. The molecule has 2 aromatic rings. The number of ether oxygens (including phenoxy) is 2. The zero-order valence-corrected chi connectivity index (χ0v) is 15.6. The number of aromatic amines is 1. The van der Waals surface area contributed by atoms with E-state index in [1.54, 1.807) is 7.11 Å². The highest BCUT2D eigenvalue weighted by Crippen LogP contribution is 2.47. The molecule has 0 radical (unpaired) electrons. The number of benzene rings is 1. The van der Waals surface area contributed by atoms with Crippen molar-refractivity contribution in [3.63, 3.8) is 0 Å². The molecule has 4 heterocycles. The van der Waals surface area contributed by atoms with Crippen molar-refractivity contribution < 1.29 is 22.2 Å². The first-order valence-corrected chi connectivity index (χ1v) is 9.58. The average Bonchev–Trinajstić information content (AvgIpc) is 3.05. The molecule has 1 saturated heterocycles. The second-order valence-electron chi connectivity index (χ2n) is 7.92. The third kappa shape index (κ3) is 2.46. The van der Waals surface area contributed by atoms with Crippen LogP contribution in [0.25, 0.3) is 10.9 Å². The Morgan fingerprint density at radius 3 is 3.07 bits per heavy atom. The van der Waals surface area contributed by atoms with E-state index < -0.39 is 5.97 Å². The Balaban J connectivity index is 0.00000120. The topological polar surface area (TPSA) is 74.8 Å². The fraction of sp³-hybridized carbons (Fsp3) is 0.476. The number of methoxy groups -OCH3 is 1. The van der Waals surface area contributed by atoms with Gasteiger partial charge in [-0.25, -0.2) is 4.79 Å². The Morgan fingerprint density at radius 2 is 2.30 bits per heavy atom. The minimum Gasteiger partial charge on any atom is -0.497 e. The lowest BCUT2D eigenvalue weighted by atomic mass is 9.72. The van der Waals surface area contributed by atoms with Crippen molar-refractivity contribution >= 4 is 16.9 Å². The van der Waals surface area contributed by atoms with Crippen LogP contribution in [0.4, 0.5) is 0 Å². The van der Waals surface area contributed by atoms with Crippen LogP contribution in [0, 0.1) is 11.8 Å². The predicted octanol–water partition coefficient (Wildman–Crippen LogP) is 3.59. The van der Waals surface area contributed by atoms with E-state index in [0.29, 0.717) is 5.57 Å². The lowest BCUT2D eigenvalue weighted by Gasteiger charge is -2.49. The minimum absolute atomic E-state index is 0. The maximum atomic E-state index is 11.7. The van der Waals surface area contributed by atoms with Gasteiger partial charge in [0, 0.05) is 44.4 Å². The Morgan fingerprint density at radius 1 is 1.44 bits per heavy atom. The summed E-state index contributed by atoms with van der Waals surface area (Å²) in [7, 11) is 1.69. The number of nitrogens with zero attached hydrogens (tertiary/aromatic N) is 1. The van der Waals surface area contributed by atoms with Crippen LogP contribution >= 0.6 is 0 Å². The molecule has 1 fully saturated rings. The number of fused-ring (bicyclic) bond motifs is 6. The number of aromatic nitrogens is 1. The molecule has 0 bridgehead atoms. The Hall–Kier alpha value is -2.47. The van der Waals surface area contributed by atoms with Gasteiger partial charge in [0.2, 0.25) is 0 Å². The SMILES string of the molecule is COc1ccc2[nH]c3c(c2c1)CCN1C[C@H]2C(CC31)C(C(=O)O)=CO[C@H]2C.[HH].[HH]. The first kappa shape index (κ1) is 16.7. The number of piperidine rings is 1. The molecule has 0 aliphatic carbocycles. The largest absolute Gasteiger partial charge is 0.497 e. The second kappa shape index (κ2) is 6.02. The van der Waals surface area contributed by atoms with Crippen molar-refractivity contribution in [2.75, 3.05) is 20.2 Å². The van der Waals surface area contributed by atoms with Crippen LogP contribution in [0.15, 0.2) is 30.0 Å². The minimum atomic E-state index is -0.859. The zero-order chi connectivity index (χ0) is 18.7. The molecule has 0 spiro atoms. The van der Waals surface area contributed by atoms with Crippen molar-refractivity contribution in [2.45, 2.75) is 31.9 Å². The summed E-state index contributed by atoms with van der Waals surface area (Å²) >= 11 is 0. The van der Waals surface area contributed by atoms with E-state index in [1.165, 1.54) is 22.9 Å². The van der Waals surface area contributed by atoms with Gasteiger partial charge < -0.3 is 19.6 Å². The summed E-state index contributed by atoms with van der Waals surface area (Å²) in [5.41, 5.74) is 4.14. The first-order chi connectivity index (χ1) is 13.1. The van der Waals surface area contributed by atoms with E-state index in [1.807, 2.05) is 6.07 Å². The van der Waals surface area contributed by atoms with E-state index >= 15 is 0 Å². The maximum Gasteiger partial charge on any atom is 0.334 e. The summed E-state index contributed by atoms with van der Waals surface area (Å²) in [6, 6.07) is 6.37. The fourth-order valence-corrected chi connectivity index (χ4v) is 5.23. The monoisotopic (exact) mass is 372 g/mol. The van der Waals surface area contributed by atoms with Gasteiger partial charge in [-0.2, -0.15) is 0 Å². The molecule has 146 valence electrons. The summed E-state index contributed by atoms with van der Waals surface area (Å²) in [6.45, 7) is 3.92. The number of aliphatic carboxylic acids is 1. The lowest BCUT2D eigenvalue weighted by Crippen LogP contribution is -2.51. The molecule has 0 amide bonds. The van der Waals surface area contributed by atoms with Gasteiger partial charge in [0.05, 0.1) is 31.1 Å². The molecule has 2 N–H and O–H groups in total. The molecule has 0 saturated carbocycles. The summed E-state index contributed by atoms with van der Waals surface area (Å²) in [5, 5.41) is 10.9. The van der Waals surface area contributed by atoms with Gasteiger partial charge in [-0.15, -0.1) is 0 Å². The molecule has 1 aromatic heterocycles. The standard InChI is InChI=1S/C21H24N2O4.2H2/c1-11-16-9-23-6-5-13-15-7-12(26-2)3-4-18(15)22-20(13)19(23)8-14(16)17(10-27-11)21(24)25;;/h3-4,7,10-11,14,16,19,22H,5-6,8-9H2,1-2H3,(H,24,25);2*1H/t11-,14?,16+,19?;;/m0../s1. The zero-order valence-electron chi connectivity index (χ0n) is 15.6. The molecule has 3 aliphatic heterocycles. The fourth-order valence-electron chi connectivity index (χ4n) is 5.23. The van der Waals surface area contributed by atoms with Crippen LogP contribution in [0.5, 0.6) is 5.75 Å². The van der Waals surface area contributed by atoms with Gasteiger partial charge in [0.1, 0.15) is 5.75 Å². The molecule has 5 rings (SSSR count). The van der Waals surface area contributed by atoms with Crippen LogP contribution < -0.4 is 4.74 Å². The quantitative estimate of drug-likeness (QED) is 0.843. The third-order valence-electron chi connectivity index (χ3n) is 6.67. The number of hydrogen-bond donors (Lipinski definition) is 2. The molecule has 27 heavy (non-hydrogen) atoms. The van der Waals surface area contributed by atoms with Gasteiger partial charge in [-0.3, -0.25) is 4.90 Å². The predicted molar refractivity (Wildman–Crippen MR) is 105 cm³/mol. The number of carboxylic acids is 1. The van der Waals surface area contributed by atoms with Crippen molar-refractivity contribution in [1.82, 2.24) is 9.88 Å². The molecule has 3 aliphatic rings. The van der Waals surface area contributed by atoms with Crippen molar-refractivity contribution in [3.05, 3.63) is 41.3 Å². The number of carbonyl (C=O) groups is 1. The number of hydrogen-bond acceptors (Lipinski definition) is 4. The maximum absolute atomic E-state index is 11.7. The summed E-state index contributed by atoms with van der Waals surface area (Å²) in [6.07, 6.45) is 3.33. The van der Waals surface area contributed by atoms with E-state index in [4.69, 9.17) is 9.47 Å². The number of nitrogens with one attached hydrogen (secondary N) is 1. The van der Waals surface area contributed by atoms with E-state index in [2.05, 4.69) is 28.9 Å². The summed E-state index contributed by atoms with van der Waals surface area (Å²) < 4.78 is 11.1. The normalized spacial score (nSPS) is 29.9. The van der Waals surface area contributed by atoms with Crippen LogP contribution in [-0.4, -0.2) is 47.3 Å². The Labute approximate surface area is 160 Å². The highest BCUT2D eigenvalue weighted by Gasteiger charge is 2.46. The van der Waals surface area contributed by atoms with Gasteiger partial charge in [0.15, 0.2) is 0 Å². The number of rotatable bonds is 2. The van der Waals surface area contributed by atoms with Gasteiger partial charge >= 0.3 is 5.97 Å². The third-order valence-corrected chi connectivity index (χ3v) is 6.67. The lowest BCUT2D eigenvalue weighted by molar-refractivity contribution is -0.135. The Kier molecular flexibility index (Phi) is 3.72. The molecule has 6 nitrogen and oxygen atoms in total. The number of carboxylic acid groups (broad SMARTS) is 1. The van der Waals surface area contributed by atoms with Crippen molar-refractivity contribution in [3.8, 4) is 5.75 Å². The van der Waals surface area contributed by atoms with E-state index in [-0.39, 0.29) is 26.8 Å². The highest BCUT2D eigenvalue weighted by molar-refractivity contribution is 5.88. The number of H-pyrrole nitrogens is 1. The van der Waals surface area contributed by atoms with Gasteiger partial charge in [0.25, 0.3) is 0 Å².